The number of hydrogen-bond donors (Lipinski definition) is 0. The van der Waals surface area contributed by atoms with Crippen molar-refractivity contribution in [3.05, 3.63) is 116 Å². The molecule has 0 bridgehead atoms. The third-order valence-corrected chi connectivity index (χ3v) is 12.4. The standard InChI is InChI=1S/C42H38O8/c1-3-9-21(10-4-1)41-45-19-29-35(49-41)39-33-27(17-43-39)23-13-7-15-25(23)31(37(33)47-29)32-26-16-8-14-24(26)28-18-44-40-34(28)38(32)48-30-20-46-42(50-36(30)40)22-11-5-2-6-12-22/h1-6,9-12,29-30,35-36,39-42H,7-8,13-20H2/t29-,30-,35-,36-,39-,40-,41-,42-/m1/s1. The van der Waals surface area contributed by atoms with Crippen LogP contribution in [0.25, 0.3) is 11.1 Å². The lowest BCUT2D eigenvalue weighted by atomic mass is 9.79. The maximum Gasteiger partial charge on any atom is 0.184 e. The Balaban J connectivity index is 1.01. The van der Waals surface area contributed by atoms with Gasteiger partial charge in [0.1, 0.15) is 35.9 Å². The van der Waals surface area contributed by atoms with Crippen LogP contribution in [0, 0.1) is 0 Å². The smallest absolute Gasteiger partial charge is 0.184 e. The van der Waals surface area contributed by atoms with Crippen LogP contribution in [0.5, 0.6) is 11.5 Å². The molecule has 0 saturated carbocycles. The first kappa shape index (κ1) is 28.9. The summed E-state index contributed by atoms with van der Waals surface area (Å²) in [6.45, 7) is 2.03. The lowest BCUT2D eigenvalue weighted by molar-refractivity contribution is -0.280. The molecule has 4 aromatic rings. The van der Waals surface area contributed by atoms with Gasteiger partial charge >= 0.3 is 0 Å². The van der Waals surface area contributed by atoms with Crippen LogP contribution in [0.2, 0.25) is 0 Å². The highest BCUT2D eigenvalue weighted by atomic mass is 16.7. The van der Waals surface area contributed by atoms with E-state index in [4.69, 9.17) is 37.9 Å². The van der Waals surface area contributed by atoms with Crippen molar-refractivity contribution in [3.63, 3.8) is 0 Å². The lowest BCUT2D eigenvalue weighted by Crippen LogP contribution is -2.50. The molecule has 6 heterocycles. The van der Waals surface area contributed by atoms with Crippen molar-refractivity contribution in [2.45, 2.75) is 101 Å². The Morgan fingerprint density at radius 3 is 1.36 bits per heavy atom. The Bertz CT molecular complexity index is 1900. The van der Waals surface area contributed by atoms with Crippen LogP contribution >= 0.6 is 0 Å². The zero-order valence-corrected chi connectivity index (χ0v) is 27.7. The average molecular weight is 671 g/mol. The van der Waals surface area contributed by atoms with Gasteiger partial charge in [-0.2, -0.15) is 0 Å². The van der Waals surface area contributed by atoms with Gasteiger partial charge in [0.2, 0.25) is 0 Å². The van der Waals surface area contributed by atoms with Crippen molar-refractivity contribution in [1.82, 2.24) is 0 Å². The van der Waals surface area contributed by atoms with Crippen molar-refractivity contribution >= 4 is 0 Å². The molecule has 4 aromatic carbocycles. The second-order valence-corrected chi connectivity index (χ2v) is 14.9. The van der Waals surface area contributed by atoms with Crippen LogP contribution < -0.4 is 9.47 Å². The van der Waals surface area contributed by atoms with Crippen LogP contribution in [0.1, 0.15) is 93.3 Å². The van der Waals surface area contributed by atoms with Gasteiger partial charge < -0.3 is 37.9 Å². The molecule has 0 radical (unpaired) electrons. The molecule has 0 aromatic heterocycles. The number of hydrogen-bond acceptors (Lipinski definition) is 8. The fraction of sp³-hybridized carbons (Fsp3) is 0.429. The summed E-state index contributed by atoms with van der Waals surface area (Å²) < 4.78 is 53.7. The van der Waals surface area contributed by atoms with Gasteiger partial charge in [-0.25, -0.2) is 0 Å². The monoisotopic (exact) mass is 670 g/mol. The molecule has 6 aliphatic heterocycles. The lowest BCUT2D eigenvalue weighted by Gasteiger charge is -2.44. The number of rotatable bonds is 3. The summed E-state index contributed by atoms with van der Waals surface area (Å²) >= 11 is 0. The van der Waals surface area contributed by atoms with E-state index in [1.807, 2.05) is 36.4 Å². The third kappa shape index (κ3) is 3.98. The highest BCUT2D eigenvalue weighted by Crippen LogP contribution is 2.61. The van der Waals surface area contributed by atoms with Crippen LogP contribution in [0.15, 0.2) is 60.7 Å². The van der Waals surface area contributed by atoms with E-state index in [9.17, 15) is 0 Å². The minimum Gasteiger partial charge on any atom is -0.484 e. The van der Waals surface area contributed by atoms with E-state index in [2.05, 4.69) is 24.3 Å². The van der Waals surface area contributed by atoms with Crippen molar-refractivity contribution in [2.24, 2.45) is 0 Å². The van der Waals surface area contributed by atoms with E-state index in [-0.39, 0.29) is 36.6 Å². The summed E-state index contributed by atoms with van der Waals surface area (Å²) in [5, 5.41) is 0. The number of benzene rings is 4. The molecule has 8 heteroatoms. The van der Waals surface area contributed by atoms with Gasteiger partial charge in [0.05, 0.1) is 26.4 Å². The largest absolute Gasteiger partial charge is 0.484 e. The number of fused-ring (bicyclic) bond motifs is 8. The minimum atomic E-state index is -0.451. The molecule has 0 amide bonds. The Morgan fingerprint density at radius 1 is 0.460 bits per heavy atom. The molecule has 2 saturated heterocycles. The molecule has 0 unspecified atom stereocenters. The van der Waals surface area contributed by atoms with Crippen LogP contribution in [0.4, 0.5) is 0 Å². The molecule has 50 heavy (non-hydrogen) atoms. The summed E-state index contributed by atoms with van der Waals surface area (Å²) in [5.74, 6) is 1.89. The maximum atomic E-state index is 7.15. The molecule has 2 aliphatic carbocycles. The quantitative estimate of drug-likeness (QED) is 0.226. The second kappa shape index (κ2) is 10.9. The average Bonchev–Trinajstić information content (AvgIpc) is 4.00. The maximum absolute atomic E-state index is 7.15. The van der Waals surface area contributed by atoms with E-state index in [1.165, 1.54) is 55.6 Å². The SMILES string of the molecule is c1ccc([C@@H]2OC[C@H]3Oc4c(-c5c6c(c7c8c5O[C@@H]5CO[C@@H](c9ccccc9)O[C@H]5[C@@H]8OC7)CCC6)c5c(c6c4[C@@H](OC6)[C@@H]3O2)CCC5)cc1. The normalized spacial score (nSPS) is 32.2. The Kier molecular flexibility index (Phi) is 6.28. The molecule has 8 aliphatic rings. The summed E-state index contributed by atoms with van der Waals surface area (Å²) in [5.41, 5.74) is 15.0. The van der Waals surface area contributed by atoms with Crippen molar-refractivity contribution in [1.29, 1.82) is 0 Å². The molecule has 0 spiro atoms. The fourth-order valence-corrected chi connectivity index (χ4v) is 10.3. The van der Waals surface area contributed by atoms with E-state index >= 15 is 0 Å². The van der Waals surface area contributed by atoms with Crippen molar-refractivity contribution in [2.75, 3.05) is 13.2 Å². The second-order valence-electron chi connectivity index (χ2n) is 14.9. The molecule has 8 nitrogen and oxygen atoms in total. The molecule has 2 fully saturated rings. The van der Waals surface area contributed by atoms with Gasteiger partial charge in [-0.15, -0.1) is 0 Å². The molecule has 8 atom stereocenters. The molecule has 12 rings (SSSR count). The molecular formula is C42H38O8. The molecular weight excluding hydrogens is 632 g/mol. The van der Waals surface area contributed by atoms with E-state index < -0.39 is 12.6 Å². The Labute approximate surface area is 290 Å². The van der Waals surface area contributed by atoms with Gasteiger partial charge in [0.15, 0.2) is 24.8 Å². The summed E-state index contributed by atoms with van der Waals surface area (Å²) in [4.78, 5) is 0. The zero-order valence-electron chi connectivity index (χ0n) is 27.7. The number of ether oxygens (including phenoxy) is 8. The topological polar surface area (TPSA) is 73.8 Å². The van der Waals surface area contributed by atoms with Gasteiger partial charge in [0, 0.05) is 33.4 Å². The molecule has 254 valence electrons. The summed E-state index contributed by atoms with van der Waals surface area (Å²) in [6.07, 6.45) is 3.94. The van der Waals surface area contributed by atoms with E-state index in [0.29, 0.717) is 26.4 Å². The van der Waals surface area contributed by atoms with Gasteiger partial charge in [-0.1, -0.05) is 60.7 Å². The summed E-state index contributed by atoms with van der Waals surface area (Å²) in [6, 6.07) is 20.3. The predicted molar refractivity (Wildman–Crippen MR) is 180 cm³/mol. The van der Waals surface area contributed by atoms with Crippen LogP contribution in [-0.4, -0.2) is 37.6 Å². The van der Waals surface area contributed by atoms with Crippen molar-refractivity contribution < 1.29 is 37.9 Å². The first-order valence-corrected chi connectivity index (χ1v) is 18.4. The highest BCUT2D eigenvalue weighted by molar-refractivity contribution is 5.89. The zero-order chi connectivity index (χ0) is 32.5. The van der Waals surface area contributed by atoms with Crippen LogP contribution in [0.3, 0.4) is 0 Å². The minimum absolute atomic E-state index is 0.214. The third-order valence-electron chi connectivity index (χ3n) is 12.4. The Hall–Kier alpha value is -3.76. The summed E-state index contributed by atoms with van der Waals surface area (Å²) in [7, 11) is 0. The predicted octanol–water partition coefficient (Wildman–Crippen LogP) is 7.22. The van der Waals surface area contributed by atoms with Gasteiger partial charge in [0.25, 0.3) is 0 Å². The van der Waals surface area contributed by atoms with Crippen LogP contribution in [-0.2, 0) is 67.3 Å². The first-order valence-electron chi connectivity index (χ1n) is 18.4. The molecule has 0 N–H and O–H groups in total. The Morgan fingerprint density at radius 2 is 0.900 bits per heavy atom. The van der Waals surface area contributed by atoms with Crippen molar-refractivity contribution in [3.8, 4) is 22.6 Å². The van der Waals surface area contributed by atoms with Gasteiger partial charge in [-0.05, 0) is 71.9 Å². The van der Waals surface area contributed by atoms with Gasteiger partial charge in [-0.3, -0.25) is 0 Å². The first-order chi connectivity index (χ1) is 24.8. The van der Waals surface area contributed by atoms with E-state index in [1.54, 1.807) is 0 Å². The van der Waals surface area contributed by atoms with E-state index in [0.717, 1.165) is 61.2 Å². The highest BCUT2D eigenvalue weighted by Gasteiger charge is 2.54. The fourth-order valence-electron chi connectivity index (χ4n) is 10.3.